The Kier molecular flexibility index (Phi) is 7.16. The van der Waals surface area contributed by atoms with Gasteiger partial charge < -0.3 is 16.4 Å². The topological polar surface area (TPSA) is 84.2 Å². The van der Waals surface area contributed by atoms with Gasteiger partial charge in [-0.2, -0.15) is 0 Å². The van der Waals surface area contributed by atoms with Crippen LogP contribution in [0.2, 0.25) is 0 Å². The number of hydrogen-bond donors (Lipinski definition) is 3. The molecule has 0 radical (unpaired) electrons. The highest BCUT2D eigenvalue weighted by Gasteiger charge is 2.23. The average molecular weight is 339 g/mol. The summed E-state index contributed by atoms with van der Waals surface area (Å²) in [7, 11) is 0. The second-order valence-corrected chi connectivity index (χ2v) is 5.97. The quantitative estimate of drug-likeness (QED) is 0.685. The van der Waals surface area contributed by atoms with Crippen LogP contribution in [0.3, 0.4) is 0 Å². The molecular formula is C20H25N3O2. The highest BCUT2D eigenvalue weighted by Crippen LogP contribution is 2.05. The Morgan fingerprint density at radius 2 is 1.48 bits per heavy atom. The van der Waals surface area contributed by atoms with Crippen LogP contribution in [-0.2, 0) is 22.6 Å². The fourth-order valence-corrected chi connectivity index (χ4v) is 2.43. The molecule has 132 valence electrons. The zero-order chi connectivity index (χ0) is 18.1. The lowest BCUT2D eigenvalue weighted by atomic mass is 10.0. The molecule has 0 fully saturated rings. The molecule has 4 N–H and O–H groups in total. The van der Waals surface area contributed by atoms with Crippen LogP contribution in [0.4, 0.5) is 0 Å². The number of carbonyl (C=O) groups is 2. The maximum absolute atomic E-state index is 12.6. The number of carbonyl (C=O) groups excluding carboxylic acids is 2. The summed E-state index contributed by atoms with van der Waals surface area (Å²) in [6.07, 6.45) is 0.944. The molecule has 2 amide bonds. The molecule has 0 bridgehead atoms. The largest absolute Gasteiger partial charge is 0.350 e. The Morgan fingerprint density at radius 3 is 2.04 bits per heavy atom. The van der Waals surface area contributed by atoms with E-state index in [1.165, 1.54) is 0 Å². The van der Waals surface area contributed by atoms with E-state index < -0.39 is 12.1 Å². The minimum Gasteiger partial charge on any atom is -0.350 e. The van der Waals surface area contributed by atoms with Gasteiger partial charge in [0.1, 0.15) is 6.04 Å². The van der Waals surface area contributed by atoms with Crippen LogP contribution in [0, 0.1) is 0 Å². The van der Waals surface area contributed by atoms with Gasteiger partial charge in [-0.25, -0.2) is 0 Å². The van der Waals surface area contributed by atoms with E-state index in [0.717, 1.165) is 11.1 Å². The molecule has 2 aromatic carbocycles. The van der Waals surface area contributed by atoms with E-state index in [9.17, 15) is 9.59 Å². The number of amides is 2. The van der Waals surface area contributed by atoms with Crippen LogP contribution in [0.5, 0.6) is 0 Å². The lowest BCUT2D eigenvalue weighted by Crippen LogP contribution is -2.52. The van der Waals surface area contributed by atoms with E-state index in [2.05, 4.69) is 10.6 Å². The van der Waals surface area contributed by atoms with Gasteiger partial charge in [-0.3, -0.25) is 9.59 Å². The molecule has 0 aliphatic rings. The predicted octanol–water partition coefficient (Wildman–Crippen LogP) is 1.77. The van der Waals surface area contributed by atoms with Crippen LogP contribution in [-0.4, -0.2) is 23.9 Å². The molecule has 0 saturated carbocycles. The van der Waals surface area contributed by atoms with Crippen molar-refractivity contribution >= 4 is 11.8 Å². The first-order chi connectivity index (χ1) is 12.1. The van der Waals surface area contributed by atoms with Crippen molar-refractivity contribution in [2.75, 3.05) is 0 Å². The van der Waals surface area contributed by atoms with E-state index >= 15 is 0 Å². The molecule has 0 aromatic heterocycles. The first-order valence-electron chi connectivity index (χ1n) is 8.51. The van der Waals surface area contributed by atoms with E-state index in [1.807, 2.05) is 67.6 Å². The Hall–Kier alpha value is -2.66. The Morgan fingerprint density at radius 1 is 0.920 bits per heavy atom. The molecule has 0 aliphatic carbocycles. The molecule has 0 unspecified atom stereocenters. The summed E-state index contributed by atoms with van der Waals surface area (Å²) >= 11 is 0. The fraction of sp³-hybridized carbons (Fsp3) is 0.300. The van der Waals surface area contributed by atoms with E-state index in [1.54, 1.807) is 0 Å². The summed E-state index contributed by atoms with van der Waals surface area (Å²) in [6, 6.07) is 18.0. The van der Waals surface area contributed by atoms with Crippen molar-refractivity contribution in [3.8, 4) is 0 Å². The lowest BCUT2D eigenvalue weighted by Gasteiger charge is -2.20. The van der Waals surface area contributed by atoms with Crippen LogP contribution in [0.1, 0.15) is 24.5 Å². The molecule has 25 heavy (non-hydrogen) atoms. The standard InChI is InChI=1S/C20H25N3O2/c1-2-17(21)19(24)23-18(13-15-9-5-3-6-10-15)20(25)22-14-16-11-7-4-8-12-16/h3-12,17-18H,2,13-14,21H2,1H3,(H,22,25)(H,23,24)/t17-,18+/m1/s1. The number of rotatable bonds is 8. The molecule has 2 rings (SSSR count). The third-order valence-electron chi connectivity index (χ3n) is 4.00. The smallest absolute Gasteiger partial charge is 0.243 e. The minimum atomic E-state index is -0.656. The molecule has 0 aliphatic heterocycles. The second kappa shape index (κ2) is 9.59. The van der Waals surface area contributed by atoms with Gasteiger partial charge >= 0.3 is 0 Å². The van der Waals surface area contributed by atoms with Gasteiger partial charge in [0, 0.05) is 13.0 Å². The van der Waals surface area contributed by atoms with E-state index in [-0.39, 0.29) is 11.8 Å². The lowest BCUT2D eigenvalue weighted by molar-refractivity contribution is -0.129. The fourth-order valence-electron chi connectivity index (χ4n) is 2.43. The Labute approximate surface area is 148 Å². The van der Waals surface area contributed by atoms with Crippen molar-refractivity contribution in [3.05, 3.63) is 71.8 Å². The van der Waals surface area contributed by atoms with Crippen molar-refractivity contribution in [1.82, 2.24) is 10.6 Å². The van der Waals surface area contributed by atoms with E-state index in [0.29, 0.717) is 19.4 Å². The number of hydrogen-bond acceptors (Lipinski definition) is 3. The first kappa shape index (κ1) is 18.7. The van der Waals surface area contributed by atoms with Crippen LogP contribution in [0.25, 0.3) is 0 Å². The maximum Gasteiger partial charge on any atom is 0.243 e. The van der Waals surface area contributed by atoms with Gasteiger partial charge in [-0.15, -0.1) is 0 Å². The average Bonchev–Trinajstić information content (AvgIpc) is 2.66. The first-order valence-corrected chi connectivity index (χ1v) is 8.51. The van der Waals surface area contributed by atoms with Gasteiger partial charge in [0.05, 0.1) is 6.04 Å². The maximum atomic E-state index is 12.6. The molecule has 0 saturated heterocycles. The van der Waals surface area contributed by atoms with Gasteiger partial charge in [-0.05, 0) is 17.5 Å². The Balaban J connectivity index is 2.03. The minimum absolute atomic E-state index is 0.218. The van der Waals surface area contributed by atoms with Gasteiger partial charge in [-0.1, -0.05) is 67.6 Å². The summed E-state index contributed by atoms with van der Waals surface area (Å²) in [5.74, 6) is -0.525. The van der Waals surface area contributed by atoms with Crippen molar-refractivity contribution in [2.45, 2.75) is 38.4 Å². The molecule has 0 spiro atoms. The highest BCUT2D eigenvalue weighted by molar-refractivity contribution is 5.89. The number of nitrogens with two attached hydrogens (primary N) is 1. The molecule has 0 heterocycles. The van der Waals surface area contributed by atoms with Crippen LogP contribution in [0.15, 0.2) is 60.7 Å². The van der Waals surface area contributed by atoms with Crippen LogP contribution >= 0.6 is 0 Å². The third-order valence-corrected chi connectivity index (χ3v) is 4.00. The Bertz CT molecular complexity index is 674. The van der Waals surface area contributed by atoms with Crippen LogP contribution < -0.4 is 16.4 Å². The molecular weight excluding hydrogens is 314 g/mol. The summed E-state index contributed by atoms with van der Waals surface area (Å²) in [5, 5.41) is 5.66. The van der Waals surface area contributed by atoms with Crippen molar-refractivity contribution < 1.29 is 9.59 Å². The van der Waals surface area contributed by atoms with Crippen molar-refractivity contribution in [1.29, 1.82) is 0 Å². The van der Waals surface area contributed by atoms with Crippen molar-refractivity contribution in [2.24, 2.45) is 5.73 Å². The highest BCUT2D eigenvalue weighted by atomic mass is 16.2. The molecule has 5 nitrogen and oxygen atoms in total. The molecule has 2 aromatic rings. The molecule has 2 atom stereocenters. The summed E-state index contributed by atoms with van der Waals surface area (Å²) in [5.41, 5.74) is 7.76. The van der Waals surface area contributed by atoms with Crippen molar-refractivity contribution in [3.63, 3.8) is 0 Å². The number of benzene rings is 2. The zero-order valence-corrected chi connectivity index (χ0v) is 14.4. The summed E-state index contributed by atoms with van der Waals surface area (Å²) in [6.45, 7) is 2.26. The SMILES string of the molecule is CC[C@@H](N)C(=O)N[C@@H](Cc1ccccc1)C(=O)NCc1ccccc1. The van der Waals surface area contributed by atoms with Gasteiger partial charge in [0.25, 0.3) is 0 Å². The zero-order valence-electron chi connectivity index (χ0n) is 14.4. The van der Waals surface area contributed by atoms with Gasteiger partial charge in [0.15, 0.2) is 0 Å². The number of nitrogens with one attached hydrogen (secondary N) is 2. The third kappa shape index (κ3) is 6.04. The normalized spacial score (nSPS) is 12.9. The predicted molar refractivity (Wildman–Crippen MR) is 98.6 cm³/mol. The summed E-state index contributed by atoms with van der Waals surface area (Å²) < 4.78 is 0. The molecule has 5 heteroatoms. The monoisotopic (exact) mass is 339 g/mol. The summed E-state index contributed by atoms with van der Waals surface area (Å²) in [4.78, 5) is 24.7. The second-order valence-electron chi connectivity index (χ2n) is 5.97. The van der Waals surface area contributed by atoms with E-state index in [4.69, 9.17) is 5.73 Å². The van der Waals surface area contributed by atoms with Gasteiger partial charge in [0.2, 0.25) is 11.8 Å².